The Hall–Kier alpha value is -1.81. The standard InChI is InChI=1S/C23H36O4/c1-16(2)21(25)27-23(7,8)15-22(5,6)26-20-13-11-19(12-14-20)17(3)9-10-18(4)24/h11-14,17-18,24H,1,9-10,15H2,2-8H3. The first-order chi connectivity index (χ1) is 12.3. The van der Waals surface area contributed by atoms with Crippen LogP contribution in [-0.2, 0) is 9.53 Å². The van der Waals surface area contributed by atoms with Gasteiger partial charge in [0.2, 0.25) is 0 Å². The second kappa shape index (κ2) is 9.41. The van der Waals surface area contributed by atoms with Crippen LogP contribution in [0.5, 0.6) is 5.75 Å². The molecule has 27 heavy (non-hydrogen) atoms. The summed E-state index contributed by atoms with van der Waals surface area (Å²) in [6.07, 6.45) is 2.03. The third-order valence-corrected chi connectivity index (χ3v) is 4.43. The van der Waals surface area contributed by atoms with Crippen LogP contribution in [0.1, 0.15) is 79.2 Å². The minimum Gasteiger partial charge on any atom is -0.488 e. The van der Waals surface area contributed by atoms with Gasteiger partial charge in [0.15, 0.2) is 0 Å². The van der Waals surface area contributed by atoms with E-state index in [0.29, 0.717) is 17.9 Å². The molecule has 0 heterocycles. The molecule has 0 aromatic heterocycles. The van der Waals surface area contributed by atoms with E-state index in [4.69, 9.17) is 9.47 Å². The van der Waals surface area contributed by atoms with Crippen molar-refractivity contribution in [2.45, 2.75) is 91.0 Å². The fourth-order valence-electron chi connectivity index (χ4n) is 3.28. The maximum Gasteiger partial charge on any atom is 0.333 e. The number of carbonyl (C=O) groups excluding carboxylic acids is 1. The van der Waals surface area contributed by atoms with Gasteiger partial charge in [-0.2, -0.15) is 0 Å². The van der Waals surface area contributed by atoms with E-state index >= 15 is 0 Å². The molecule has 0 radical (unpaired) electrons. The molecule has 2 unspecified atom stereocenters. The van der Waals surface area contributed by atoms with E-state index in [1.807, 2.05) is 46.8 Å². The van der Waals surface area contributed by atoms with Crippen molar-refractivity contribution >= 4 is 5.97 Å². The normalized spacial score (nSPS) is 14.4. The molecule has 4 nitrogen and oxygen atoms in total. The summed E-state index contributed by atoms with van der Waals surface area (Å²) in [5, 5.41) is 9.44. The summed E-state index contributed by atoms with van der Waals surface area (Å²) in [6, 6.07) is 8.10. The number of carbonyl (C=O) groups is 1. The predicted octanol–water partition coefficient (Wildman–Crippen LogP) is 5.40. The van der Waals surface area contributed by atoms with Gasteiger partial charge < -0.3 is 14.6 Å². The predicted molar refractivity (Wildman–Crippen MR) is 110 cm³/mol. The zero-order chi connectivity index (χ0) is 20.8. The Labute approximate surface area is 164 Å². The highest BCUT2D eigenvalue weighted by molar-refractivity contribution is 5.87. The Morgan fingerprint density at radius 3 is 2.11 bits per heavy atom. The Morgan fingerprint density at radius 1 is 1.07 bits per heavy atom. The van der Waals surface area contributed by atoms with Crippen LogP contribution in [0.4, 0.5) is 0 Å². The zero-order valence-electron chi connectivity index (χ0n) is 18.0. The molecular weight excluding hydrogens is 340 g/mol. The maximum atomic E-state index is 11.8. The van der Waals surface area contributed by atoms with E-state index in [0.717, 1.165) is 18.6 Å². The van der Waals surface area contributed by atoms with Gasteiger partial charge in [-0.25, -0.2) is 4.79 Å². The Kier molecular flexibility index (Phi) is 8.09. The molecule has 0 spiro atoms. The van der Waals surface area contributed by atoms with Gasteiger partial charge >= 0.3 is 5.97 Å². The first-order valence-electron chi connectivity index (χ1n) is 9.67. The smallest absolute Gasteiger partial charge is 0.333 e. The highest BCUT2D eigenvalue weighted by Crippen LogP contribution is 2.30. The third-order valence-electron chi connectivity index (χ3n) is 4.43. The molecule has 1 rings (SSSR count). The summed E-state index contributed by atoms with van der Waals surface area (Å²) in [6.45, 7) is 17.0. The summed E-state index contributed by atoms with van der Waals surface area (Å²) in [7, 11) is 0. The van der Waals surface area contributed by atoms with Crippen molar-refractivity contribution in [2.75, 3.05) is 0 Å². The lowest BCUT2D eigenvalue weighted by Gasteiger charge is -2.35. The molecule has 0 aliphatic heterocycles. The molecule has 0 aliphatic carbocycles. The molecule has 0 saturated heterocycles. The zero-order valence-corrected chi connectivity index (χ0v) is 18.0. The molecule has 2 atom stereocenters. The van der Waals surface area contributed by atoms with Crippen LogP contribution < -0.4 is 4.74 Å². The van der Waals surface area contributed by atoms with E-state index in [-0.39, 0.29) is 12.1 Å². The lowest BCUT2D eigenvalue weighted by atomic mass is 9.91. The topological polar surface area (TPSA) is 55.8 Å². The number of hydrogen-bond acceptors (Lipinski definition) is 4. The number of aliphatic hydroxyl groups excluding tert-OH is 1. The second-order valence-corrected chi connectivity index (χ2v) is 8.86. The number of aliphatic hydroxyl groups is 1. The van der Waals surface area contributed by atoms with Gasteiger partial charge in [-0.3, -0.25) is 0 Å². The van der Waals surface area contributed by atoms with Gasteiger partial charge in [0.25, 0.3) is 0 Å². The Bertz CT molecular complexity index is 626. The molecule has 0 bridgehead atoms. The second-order valence-electron chi connectivity index (χ2n) is 8.86. The Morgan fingerprint density at radius 2 is 1.63 bits per heavy atom. The summed E-state index contributed by atoms with van der Waals surface area (Å²) in [4.78, 5) is 11.8. The van der Waals surface area contributed by atoms with Crippen molar-refractivity contribution in [3.05, 3.63) is 42.0 Å². The van der Waals surface area contributed by atoms with Gasteiger partial charge in [0.1, 0.15) is 17.0 Å². The van der Waals surface area contributed by atoms with Crippen LogP contribution in [-0.4, -0.2) is 28.4 Å². The number of hydrogen-bond donors (Lipinski definition) is 1. The maximum absolute atomic E-state index is 11.8. The lowest BCUT2D eigenvalue weighted by Crippen LogP contribution is -2.40. The molecule has 1 aromatic carbocycles. The monoisotopic (exact) mass is 376 g/mol. The van der Waals surface area contributed by atoms with Gasteiger partial charge in [-0.1, -0.05) is 25.6 Å². The summed E-state index contributed by atoms with van der Waals surface area (Å²) in [5.41, 5.74) is 0.464. The lowest BCUT2D eigenvalue weighted by molar-refractivity contribution is -0.155. The first kappa shape index (κ1) is 23.2. The molecule has 152 valence electrons. The van der Waals surface area contributed by atoms with Crippen molar-refractivity contribution in [1.82, 2.24) is 0 Å². The van der Waals surface area contributed by atoms with Crippen molar-refractivity contribution in [1.29, 1.82) is 0 Å². The first-order valence-corrected chi connectivity index (χ1v) is 9.67. The van der Waals surface area contributed by atoms with Crippen molar-refractivity contribution in [3.63, 3.8) is 0 Å². The molecule has 4 heteroatoms. The van der Waals surface area contributed by atoms with Crippen LogP contribution >= 0.6 is 0 Å². The minimum atomic E-state index is -0.658. The van der Waals surface area contributed by atoms with Crippen LogP contribution in [0.15, 0.2) is 36.4 Å². The third kappa shape index (κ3) is 8.61. The number of rotatable bonds is 10. The molecule has 1 aromatic rings. The Balaban J connectivity index is 2.70. The van der Waals surface area contributed by atoms with Crippen LogP contribution in [0, 0.1) is 0 Å². The van der Waals surface area contributed by atoms with Crippen LogP contribution in [0.25, 0.3) is 0 Å². The summed E-state index contributed by atoms with van der Waals surface area (Å²) < 4.78 is 11.7. The van der Waals surface area contributed by atoms with Gasteiger partial charge in [0, 0.05) is 12.0 Å². The SMILES string of the molecule is C=C(C)C(=O)OC(C)(C)CC(C)(C)Oc1ccc(C(C)CCC(C)O)cc1. The number of esters is 1. The fraction of sp³-hybridized carbons (Fsp3) is 0.609. The molecule has 0 fully saturated rings. The number of benzene rings is 1. The minimum absolute atomic E-state index is 0.266. The van der Waals surface area contributed by atoms with Gasteiger partial charge in [0.05, 0.1) is 6.10 Å². The quantitative estimate of drug-likeness (QED) is 0.439. The fourth-order valence-corrected chi connectivity index (χ4v) is 3.28. The molecule has 0 saturated carbocycles. The number of ether oxygens (including phenoxy) is 2. The largest absolute Gasteiger partial charge is 0.488 e. The molecule has 0 aliphatic rings. The van der Waals surface area contributed by atoms with E-state index in [1.165, 1.54) is 5.56 Å². The summed E-state index contributed by atoms with van der Waals surface area (Å²) >= 11 is 0. The highest BCUT2D eigenvalue weighted by atomic mass is 16.6. The van der Waals surface area contributed by atoms with Crippen molar-refractivity contribution in [3.8, 4) is 5.75 Å². The van der Waals surface area contributed by atoms with Crippen LogP contribution in [0.3, 0.4) is 0 Å². The van der Waals surface area contributed by atoms with Gasteiger partial charge in [-0.05, 0) is 78.0 Å². The highest BCUT2D eigenvalue weighted by Gasteiger charge is 2.33. The van der Waals surface area contributed by atoms with E-state index in [9.17, 15) is 9.90 Å². The molecule has 0 amide bonds. The van der Waals surface area contributed by atoms with Crippen molar-refractivity contribution < 1.29 is 19.4 Å². The van der Waals surface area contributed by atoms with E-state index in [2.05, 4.69) is 25.6 Å². The summed E-state index contributed by atoms with van der Waals surface area (Å²) in [5.74, 6) is 0.794. The average Bonchev–Trinajstić information content (AvgIpc) is 2.51. The van der Waals surface area contributed by atoms with Gasteiger partial charge in [-0.15, -0.1) is 0 Å². The average molecular weight is 377 g/mol. The van der Waals surface area contributed by atoms with E-state index < -0.39 is 11.2 Å². The molecule has 1 N–H and O–H groups in total. The van der Waals surface area contributed by atoms with E-state index in [1.54, 1.807) is 6.92 Å². The van der Waals surface area contributed by atoms with Crippen LogP contribution in [0.2, 0.25) is 0 Å². The molecular formula is C23H36O4. The van der Waals surface area contributed by atoms with Crippen molar-refractivity contribution in [2.24, 2.45) is 0 Å².